The molecule has 3 aromatic carbocycles. The Hall–Kier alpha value is -3.14. The minimum Gasteiger partial charge on any atom is -0.490 e. The Morgan fingerprint density at radius 1 is 0.731 bits per heavy atom. The highest BCUT2D eigenvalue weighted by molar-refractivity contribution is 6.09. The van der Waals surface area contributed by atoms with E-state index in [2.05, 4.69) is 0 Å². The second kappa shape index (κ2) is 8.30. The van der Waals surface area contributed by atoms with Crippen molar-refractivity contribution in [3.05, 3.63) is 95.3 Å². The largest absolute Gasteiger partial charge is 0.490 e. The van der Waals surface area contributed by atoms with E-state index in [9.17, 15) is 9.18 Å². The van der Waals surface area contributed by atoms with Gasteiger partial charge in [-0.15, -0.1) is 0 Å². The summed E-state index contributed by atoms with van der Waals surface area (Å²) < 4.78 is 23.9. The van der Waals surface area contributed by atoms with E-state index in [0.29, 0.717) is 35.8 Å². The lowest BCUT2D eigenvalue weighted by Gasteiger charge is -2.09. The monoisotopic (exact) mass is 350 g/mol. The van der Waals surface area contributed by atoms with Crippen LogP contribution in [0.4, 0.5) is 4.39 Å². The maximum Gasteiger partial charge on any atom is 0.193 e. The van der Waals surface area contributed by atoms with Crippen LogP contribution in [0, 0.1) is 12.7 Å². The number of carbonyl (C=O) groups excluding carboxylic acids is 1. The van der Waals surface area contributed by atoms with Gasteiger partial charge in [-0.3, -0.25) is 4.79 Å². The topological polar surface area (TPSA) is 35.5 Å². The predicted molar refractivity (Wildman–Crippen MR) is 98.4 cm³/mol. The molecule has 3 rings (SSSR count). The highest BCUT2D eigenvalue weighted by atomic mass is 19.1. The zero-order valence-electron chi connectivity index (χ0n) is 14.4. The number of ether oxygens (including phenoxy) is 2. The van der Waals surface area contributed by atoms with Crippen LogP contribution in [-0.4, -0.2) is 19.0 Å². The molecule has 0 N–H and O–H groups in total. The molecule has 0 radical (unpaired) electrons. The fourth-order valence-corrected chi connectivity index (χ4v) is 2.42. The molecule has 0 atom stereocenters. The zero-order chi connectivity index (χ0) is 18.4. The SMILES string of the molecule is Cc1ccc(C(=O)c2ccc(OCCOc3ccc(F)cc3)cc2)cc1. The molecule has 0 bridgehead atoms. The summed E-state index contributed by atoms with van der Waals surface area (Å²) in [6.07, 6.45) is 0. The van der Waals surface area contributed by atoms with Crippen LogP contribution >= 0.6 is 0 Å². The van der Waals surface area contributed by atoms with E-state index in [0.717, 1.165) is 5.56 Å². The van der Waals surface area contributed by atoms with Crippen LogP contribution in [0.1, 0.15) is 21.5 Å². The fraction of sp³-hybridized carbons (Fsp3) is 0.136. The zero-order valence-corrected chi connectivity index (χ0v) is 14.4. The van der Waals surface area contributed by atoms with Crippen molar-refractivity contribution in [2.75, 3.05) is 13.2 Å². The fourth-order valence-electron chi connectivity index (χ4n) is 2.42. The molecule has 0 heterocycles. The van der Waals surface area contributed by atoms with Gasteiger partial charge < -0.3 is 9.47 Å². The maximum atomic E-state index is 12.8. The molecule has 0 aromatic heterocycles. The van der Waals surface area contributed by atoms with Crippen LogP contribution in [0.2, 0.25) is 0 Å². The van der Waals surface area contributed by atoms with Crippen LogP contribution in [0.3, 0.4) is 0 Å². The lowest BCUT2D eigenvalue weighted by atomic mass is 10.0. The van der Waals surface area contributed by atoms with Gasteiger partial charge in [-0.2, -0.15) is 0 Å². The van der Waals surface area contributed by atoms with Gasteiger partial charge in [0.2, 0.25) is 0 Å². The third-order valence-corrected chi connectivity index (χ3v) is 3.86. The second-order valence-electron chi connectivity index (χ2n) is 5.87. The Bertz CT molecular complexity index is 853. The Morgan fingerprint density at radius 3 is 1.65 bits per heavy atom. The minimum absolute atomic E-state index is 0.0174. The van der Waals surface area contributed by atoms with Gasteiger partial charge in [0.25, 0.3) is 0 Å². The smallest absolute Gasteiger partial charge is 0.193 e. The second-order valence-corrected chi connectivity index (χ2v) is 5.87. The van der Waals surface area contributed by atoms with Gasteiger partial charge in [-0.1, -0.05) is 29.8 Å². The quantitative estimate of drug-likeness (QED) is 0.452. The number of halogens is 1. The van der Waals surface area contributed by atoms with Gasteiger partial charge in [0.1, 0.15) is 30.5 Å². The molecule has 0 saturated heterocycles. The minimum atomic E-state index is -0.297. The summed E-state index contributed by atoms with van der Waals surface area (Å²) in [5.74, 6) is 0.937. The van der Waals surface area contributed by atoms with Gasteiger partial charge in [-0.25, -0.2) is 4.39 Å². The molecule has 0 spiro atoms. The van der Waals surface area contributed by atoms with Crippen LogP contribution < -0.4 is 9.47 Å². The van der Waals surface area contributed by atoms with E-state index in [1.807, 2.05) is 31.2 Å². The van der Waals surface area contributed by atoms with Crippen molar-refractivity contribution in [1.29, 1.82) is 0 Å². The summed E-state index contributed by atoms with van der Waals surface area (Å²) in [6.45, 7) is 2.68. The molecule has 3 aromatic rings. The number of carbonyl (C=O) groups is 1. The molecule has 0 aliphatic carbocycles. The van der Waals surface area contributed by atoms with E-state index < -0.39 is 0 Å². The Morgan fingerprint density at radius 2 is 1.15 bits per heavy atom. The molecule has 0 unspecified atom stereocenters. The van der Waals surface area contributed by atoms with Crippen LogP contribution in [0.15, 0.2) is 72.8 Å². The molecule has 0 fully saturated rings. The summed E-state index contributed by atoms with van der Waals surface area (Å²) in [6, 6.07) is 20.4. The van der Waals surface area contributed by atoms with Crippen molar-refractivity contribution in [2.24, 2.45) is 0 Å². The Labute approximate surface area is 152 Å². The van der Waals surface area contributed by atoms with Crippen molar-refractivity contribution in [2.45, 2.75) is 6.92 Å². The lowest BCUT2D eigenvalue weighted by molar-refractivity contribution is 0.103. The number of rotatable bonds is 7. The normalized spacial score (nSPS) is 10.4. The average molecular weight is 350 g/mol. The molecule has 0 amide bonds. The van der Waals surface area contributed by atoms with E-state index in [4.69, 9.17) is 9.47 Å². The number of hydrogen-bond acceptors (Lipinski definition) is 3. The average Bonchev–Trinajstić information content (AvgIpc) is 2.67. The Balaban J connectivity index is 1.50. The molecule has 3 nitrogen and oxygen atoms in total. The highest BCUT2D eigenvalue weighted by Gasteiger charge is 2.08. The third-order valence-electron chi connectivity index (χ3n) is 3.86. The first-order valence-corrected chi connectivity index (χ1v) is 8.34. The molecule has 0 aliphatic rings. The van der Waals surface area contributed by atoms with Crippen LogP contribution in [0.5, 0.6) is 11.5 Å². The molecule has 4 heteroatoms. The first-order valence-electron chi connectivity index (χ1n) is 8.34. The van der Waals surface area contributed by atoms with Gasteiger partial charge in [0.15, 0.2) is 5.78 Å². The maximum absolute atomic E-state index is 12.8. The van der Waals surface area contributed by atoms with Crippen molar-refractivity contribution in [3.8, 4) is 11.5 Å². The first-order chi connectivity index (χ1) is 12.6. The Kier molecular flexibility index (Phi) is 5.64. The number of ketones is 1. The molecule has 132 valence electrons. The van der Waals surface area contributed by atoms with Crippen molar-refractivity contribution in [1.82, 2.24) is 0 Å². The summed E-state index contributed by atoms with van der Waals surface area (Å²) in [5.41, 5.74) is 2.40. The third kappa shape index (κ3) is 4.70. The molecular weight excluding hydrogens is 331 g/mol. The van der Waals surface area contributed by atoms with Gasteiger partial charge in [0.05, 0.1) is 0 Å². The van der Waals surface area contributed by atoms with Crippen LogP contribution in [-0.2, 0) is 0 Å². The van der Waals surface area contributed by atoms with Crippen molar-refractivity contribution in [3.63, 3.8) is 0 Å². The number of benzene rings is 3. The molecule has 0 aliphatic heterocycles. The van der Waals surface area contributed by atoms with E-state index in [-0.39, 0.29) is 11.6 Å². The van der Waals surface area contributed by atoms with Gasteiger partial charge >= 0.3 is 0 Å². The summed E-state index contributed by atoms with van der Waals surface area (Å²) in [7, 11) is 0. The first kappa shape index (κ1) is 17.7. The summed E-state index contributed by atoms with van der Waals surface area (Å²) in [5, 5.41) is 0. The molecule has 26 heavy (non-hydrogen) atoms. The van der Waals surface area contributed by atoms with Crippen molar-refractivity contribution < 1.29 is 18.7 Å². The molecule has 0 saturated carbocycles. The van der Waals surface area contributed by atoms with E-state index >= 15 is 0 Å². The van der Waals surface area contributed by atoms with Gasteiger partial charge in [-0.05, 0) is 55.5 Å². The summed E-state index contributed by atoms with van der Waals surface area (Å²) in [4.78, 5) is 12.4. The van der Waals surface area contributed by atoms with Crippen LogP contribution in [0.25, 0.3) is 0 Å². The standard InChI is InChI=1S/C22H19FO3/c1-16-2-4-17(5-3-16)22(24)18-6-10-20(11-7-18)25-14-15-26-21-12-8-19(23)9-13-21/h2-13H,14-15H2,1H3. The predicted octanol–water partition coefficient (Wildman–Crippen LogP) is 4.82. The number of hydrogen-bond donors (Lipinski definition) is 0. The van der Waals surface area contributed by atoms with E-state index in [1.54, 1.807) is 36.4 Å². The summed E-state index contributed by atoms with van der Waals surface area (Å²) >= 11 is 0. The number of aryl methyl sites for hydroxylation is 1. The molecular formula is C22H19FO3. The highest BCUT2D eigenvalue weighted by Crippen LogP contribution is 2.16. The van der Waals surface area contributed by atoms with Crippen molar-refractivity contribution >= 4 is 5.78 Å². The van der Waals surface area contributed by atoms with E-state index in [1.165, 1.54) is 12.1 Å². The van der Waals surface area contributed by atoms with Gasteiger partial charge in [0, 0.05) is 11.1 Å². The lowest BCUT2D eigenvalue weighted by Crippen LogP contribution is -2.09.